The van der Waals surface area contributed by atoms with Crippen LogP contribution in [-0.4, -0.2) is 16.7 Å². The number of nitrogens with one attached hydrogen (secondary N) is 1. The Morgan fingerprint density at radius 3 is 1.60 bits per heavy atom. The van der Waals surface area contributed by atoms with E-state index in [1.807, 2.05) is 13.8 Å². The zero-order valence-electron chi connectivity index (χ0n) is 6.04. The molecule has 5 heteroatoms. The predicted molar refractivity (Wildman–Crippen MR) is 45.7 cm³/mol. The van der Waals surface area contributed by atoms with Gasteiger partial charge in [-0.25, -0.2) is 0 Å². The van der Waals surface area contributed by atoms with Gasteiger partial charge in [0.25, 0.3) is 9.70 Å². The maximum atomic E-state index is 10.3. The first-order valence-corrected chi connectivity index (χ1v) is 3.90. The Balaban J connectivity index is 0. The maximum absolute atomic E-state index is 10.3. The lowest BCUT2D eigenvalue weighted by Gasteiger charge is -2.06. The van der Waals surface area contributed by atoms with E-state index in [1.54, 1.807) is 0 Å². The third kappa shape index (κ3) is 6.46. The number of hydrogen-bond donors (Lipinski definition) is 1. The van der Waals surface area contributed by atoms with Crippen molar-refractivity contribution in [3.05, 3.63) is 0 Å². The molecule has 0 fully saturated rings. The highest BCUT2D eigenvalue weighted by molar-refractivity contribution is 6.76. The number of alkyl halides is 3. The molecule has 0 aliphatic rings. The molecule has 2 nitrogen and oxygen atoms in total. The van der Waals surface area contributed by atoms with Gasteiger partial charge >= 0.3 is 0 Å². The predicted octanol–water partition coefficient (Wildman–Crippen LogP) is 2.13. The minimum Gasteiger partial charge on any atom is -0.355 e. The first kappa shape index (κ1) is 13.0. The van der Waals surface area contributed by atoms with Crippen LogP contribution >= 0.6 is 34.8 Å². The molecular formula is C5H10Cl3NO. The molecule has 0 aromatic heterocycles. The van der Waals surface area contributed by atoms with Crippen LogP contribution in [0.5, 0.6) is 0 Å². The van der Waals surface area contributed by atoms with Crippen LogP contribution in [0.3, 0.4) is 0 Å². The smallest absolute Gasteiger partial charge is 0.271 e. The van der Waals surface area contributed by atoms with E-state index in [2.05, 4.69) is 5.32 Å². The van der Waals surface area contributed by atoms with E-state index in [4.69, 9.17) is 34.8 Å². The summed E-state index contributed by atoms with van der Waals surface area (Å²) in [4.78, 5) is 10.3. The van der Waals surface area contributed by atoms with Crippen LogP contribution in [0.15, 0.2) is 0 Å². The van der Waals surface area contributed by atoms with E-state index < -0.39 is 9.70 Å². The number of halogens is 3. The summed E-state index contributed by atoms with van der Waals surface area (Å²) in [6.45, 7) is 4.00. The molecule has 62 valence electrons. The van der Waals surface area contributed by atoms with Gasteiger partial charge in [-0.05, 0) is 0 Å². The zero-order chi connectivity index (χ0) is 8.78. The number of carbonyl (C=O) groups is 1. The Hall–Kier alpha value is 0.340. The van der Waals surface area contributed by atoms with Crippen molar-refractivity contribution in [3.8, 4) is 0 Å². The Morgan fingerprint density at radius 1 is 1.30 bits per heavy atom. The Kier molecular flexibility index (Phi) is 7.88. The molecular weight excluding hydrogens is 196 g/mol. The van der Waals surface area contributed by atoms with E-state index in [-0.39, 0.29) is 0 Å². The third-order valence-corrected chi connectivity index (χ3v) is 0.999. The molecule has 0 heterocycles. The summed E-state index contributed by atoms with van der Waals surface area (Å²) in [5.41, 5.74) is 0. The first-order chi connectivity index (χ1) is 4.48. The maximum Gasteiger partial charge on any atom is 0.271 e. The Morgan fingerprint density at radius 2 is 1.60 bits per heavy atom. The van der Waals surface area contributed by atoms with Crippen molar-refractivity contribution in [2.24, 2.45) is 0 Å². The minimum absolute atomic E-state index is 0.623. The molecule has 0 atom stereocenters. The van der Waals surface area contributed by atoms with Gasteiger partial charge in [-0.3, -0.25) is 4.79 Å². The van der Waals surface area contributed by atoms with Gasteiger partial charge < -0.3 is 5.32 Å². The molecule has 1 amide bonds. The molecule has 0 saturated heterocycles. The van der Waals surface area contributed by atoms with Gasteiger partial charge in [0.1, 0.15) is 0 Å². The highest BCUT2D eigenvalue weighted by Gasteiger charge is 2.28. The third-order valence-electron chi connectivity index (χ3n) is 0.485. The molecule has 0 aromatic carbocycles. The Labute approximate surface area is 75.8 Å². The van der Waals surface area contributed by atoms with Crippen LogP contribution in [0.25, 0.3) is 0 Å². The summed E-state index contributed by atoms with van der Waals surface area (Å²) in [7, 11) is 1.39. The second-order valence-corrected chi connectivity index (χ2v) is 3.36. The van der Waals surface area contributed by atoms with E-state index in [1.165, 1.54) is 7.05 Å². The van der Waals surface area contributed by atoms with Gasteiger partial charge in [0.05, 0.1) is 0 Å². The molecule has 0 rings (SSSR count). The molecule has 10 heavy (non-hydrogen) atoms. The van der Waals surface area contributed by atoms with Gasteiger partial charge in [0.15, 0.2) is 0 Å². The van der Waals surface area contributed by atoms with Crippen molar-refractivity contribution in [2.45, 2.75) is 17.6 Å². The molecule has 0 radical (unpaired) electrons. The fraction of sp³-hybridized carbons (Fsp3) is 0.800. The summed E-state index contributed by atoms with van der Waals surface area (Å²) in [6.07, 6.45) is 0. The lowest BCUT2D eigenvalue weighted by Crippen LogP contribution is -2.31. The molecule has 0 spiro atoms. The quantitative estimate of drug-likeness (QED) is 0.605. The van der Waals surface area contributed by atoms with Crippen molar-refractivity contribution >= 4 is 40.7 Å². The summed E-state index contributed by atoms with van der Waals surface area (Å²) in [5.74, 6) is -0.623. The van der Waals surface area contributed by atoms with E-state index in [9.17, 15) is 4.79 Å². The van der Waals surface area contributed by atoms with E-state index >= 15 is 0 Å². The van der Waals surface area contributed by atoms with Crippen LogP contribution in [-0.2, 0) is 4.79 Å². The zero-order valence-corrected chi connectivity index (χ0v) is 8.31. The minimum atomic E-state index is -1.82. The lowest BCUT2D eigenvalue weighted by molar-refractivity contribution is -0.119. The first-order valence-electron chi connectivity index (χ1n) is 2.77. The van der Waals surface area contributed by atoms with Crippen LogP contribution in [0.2, 0.25) is 0 Å². The van der Waals surface area contributed by atoms with Crippen molar-refractivity contribution in [1.29, 1.82) is 0 Å². The van der Waals surface area contributed by atoms with Gasteiger partial charge in [-0.1, -0.05) is 48.7 Å². The molecule has 1 N–H and O–H groups in total. The molecule has 0 saturated carbocycles. The topological polar surface area (TPSA) is 29.1 Å². The highest BCUT2D eigenvalue weighted by atomic mass is 35.6. The molecule has 0 bridgehead atoms. The fourth-order valence-corrected chi connectivity index (χ4v) is 0.425. The lowest BCUT2D eigenvalue weighted by atomic mass is 10.7. The van der Waals surface area contributed by atoms with Crippen LogP contribution in [0.4, 0.5) is 0 Å². The van der Waals surface area contributed by atoms with Crippen molar-refractivity contribution in [2.75, 3.05) is 7.05 Å². The number of rotatable bonds is 0. The largest absolute Gasteiger partial charge is 0.355 e. The molecule has 0 unspecified atom stereocenters. The highest BCUT2D eigenvalue weighted by Crippen LogP contribution is 2.25. The van der Waals surface area contributed by atoms with E-state index in [0.29, 0.717) is 0 Å². The van der Waals surface area contributed by atoms with Crippen LogP contribution in [0, 0.1) is 0 Å². The second kappa shape index (κ2) is 6.08. The van der Waals surface area contributed by atoms with Crippen molar-refractivity contribution in [1.82, 2.24) is 5.32 Å². The van der Waals surface area contributed by atoms with Gasteiger partial charge in [-0.15, -0.1) is 0 Å². The average Bonchev–Trinajstić information content (AvgIpc) is 1.89. The average molecular weight is 206 g/mol. The molecule has 0 aliphatic carbocycles. The SMILES string of the molecule is CC.CNC(=O)C(Cl)(Cl)Cl. The second-order valence-electron chi connectivity index (χ2n) is 1.08. The van der Waals surface area contributed by atoms with Crippen LogP contribution < -0.4 is 5.32 Å². The molecule has 0 aliphatic heterocycles. The van der Waals surface area contributed by atoms with Crippen LogP contribution in [0.1, 0.15) is 13.8 Å². The summed E-state index contributed by atoms with van der Waals surface area (Å²) in [6, 6.07) is 0. The summed E-state index contributed by atoms with van der Waals surface area (Å²) < 4.78 is -1.82. The van der Waals surface area contributed by atoms with Gasteiger partial charge in [0, 0.05) is 7.05 Å². The number of amides is 1. The normalized spacial score (nSPS) is 9.40. The van der Waals surface area contributed by atoms with Gasteiger partial charge in [0.2, 0.25) is 0 Å². The van der Waals surface area contributed by atoms with E-state index in [0.717, 1.165) is 0 Å². The monoisotopic (exact) mass is 205 g/mol. The molecule has 0 aromatic rings. The number of hydrogen-bond acceptors (Lipinski definition) is 1. The summed E-state index contributed by atoms with van der Waals surface area (Å²) in [5, 5.41) is 2.17. The number of carbonyl (C=O) groups excluding carboxylic acids is 1. The summed E-state index contributed by atoms with van der Waals surface area (Å²) >= 11 is 15.3. The fourth-order valence-electron chi connectivity index (χ4n) is 0.142. The van der Waals surface area contributed by atoms with Crippen molar-refractivity contribution < 1.29 is 4.79 Å². The van der Waals surface area contributed by atoms with Gasteiger partial charge in [-0.2, -0.15) is 0 Å². The van der Waals surface area contributed by atoms with Crippen molar-refractivity contribution in [3.63, 3.8) is 0 Å². The Bertz CT molecular complexity index is 99.6. The standard InChI is InChI=1S/C3H4Cl3NO.C2H6/c1-7-2(8)3(4,5)6;1-2/h1H3,(H,7,8);1-2H3.